The third-order valence-electron chi connectivity index (χ3n) is 11.6. The van der Waals surface area contributed by atoms with E-state index in [1.54, 1.807) is 0 Å². The van der Waals surface area contributed by atoms with Crippen molar-refractivity contribution in [2.45, 2.75) is 31.2 Å². The van der Waals surface area contributed by atoms with Crippen molar-refractivity contribution >= 4 is 22.6 Å². The van der Waals surface area contributed by atoms with Crippen LogP contribution in [-0.4, -0.2) is 15.9 Å². The van der Waals surface area contributed by atoms with Crippen molar-refractivity contribution in [1.29, 1.82) is 0 Å². The van der Waals surface area contributed by atoms with Crippen LogP contribution in [0.4, 0.5) is 17.1 Å². The number of rotatable bonds is 10. The quantitative estimate of drug-likeness (QED) is 0.131. The van der Waals surface area contributed by atoms with Crippen LogP contribution in [0.5, 0.6) is 0 Å². The maximum Gasteiger partial charge on any atom is 0.0629 e. The Bertz CT molecular complexity index is 2490. The molecule has 57 heavy (non-hydrogen) atoms. The van der Waals surface area contributed by atoms with Gasteiger partial charge in [-0.1, -0.05) is 154 Å². The van der Waals surface area contributed by atoms with Crippen LogP contribution in [0.25, 0.3) is 27.8 Å². The third kappa shape index (κ3) is 6.83. The van der Waals surface area contributed by atoms with Crippen molar-refractivity contribution in [1.82, 2.24) is 9.88 Å². The van der Waals surface area contributed by atoms with Crippen molar-refractivity contribution in [3.63, 3.8) is 0 Å². The monoisotopic (exact) mass is 735 g/mol. The largest absolute Gasteiger partial charge is 0.333 e. The predicted molar refractivity (Wildman–Crippen MR) is 239 cm³/mol. The minimum atomic E-state index is -0.252. The van der Waals surface area contributed by atoms with Crippen molar-refractivity contribution in [2.75, 3.05) is 4.90 Å². The van der Waals surface area contributed by atoms with Gasteiger partial charge in [0.1, 0.15) is 0 Å². The van der Waals surface area contributed by atoms with Crippen LogP contribution in [0.1, 0.15) is 30.9 Å². The van der Waals surface area contributed by atoms with Gasteiger partial charge in [-0.3, -0.25) is 4.98 Å². The Hall–Kier alpha value is -6.97. The molecule has 2 unspecified atom stereocenters. The topological polar surface area (TPSA) is 19.4 Å². The van der Waals surface area contributed by atoms with Crippen LogP contribution in [0, 0.1) is 0 Å². The summed E-state index contributed by atoms with van der Waals surface area (Å²) >= 11 is 0. The Morgan fingerprint density at radius 3 is 1.84 bits per heavy atom. The number of allylic oxidation sites excluding steroid dienone is 7. The molecule has 1 aliphatic heterocycles. The van der Waals surface area contributed by atoms with Crippen LogP contribution in [0.3, 0.4) is 0 Å². The molecular weight excluding hydrogens is 691 g/mol. The van der Waals surface area contributed by atoms with E-state index in [4.69, 9.17) is 0 Å². The molecule has 3 heteroatoms. The SMILES string of the molecule is C=C/C=C\C(=C)N1C2=C(CC(C)(c3ccc(N(c4ccc(-c5ccccc5)cc4)c4ccc(-c5ccncc5)cc4)cc3)C=C2c2ccccc2)C2=CC=CCC21. The first-order chi connectivity index (χ1) is 28.0. The number of fused-ring (bicyclic) bond motifs is 2. The number of aromatic nitrogens is 1. The highest BCUT2D eigenvalue weighted by atomic mass is 15.2. The zero-order valence-corrected chi connectivity index (χ0v) is 32.3. The van der Waals surface area contributed by atoms with Gasteiger partial charge in [0.05, 0.1) is 11.7 Å². The van der Waals surface area contributed by atoms with Gasteiger partial charge in [-0.15, -0.1) is 0 Å². The number of pyridine rings is 1. The summed E-state index contributed by atoms with van der Waals surface area (Å²) in [6.07, 6.45) is 20.8. The molecule has 0 amide bonds. The predicted octanol–water partition coefficient (Wildman–Crippen LogP) is 13.7. The van der Waals surface area contributed by atoms with Gasteiger partial charge in [0, 0.05) is 46.1 Å². The van der Waals surface area contributed by atoms with E-state index in [-0.39, 0.29) is 11.5 Å². The lowest BCUT2D eigenvalue weighted by molar-refractivity contribution is 0.397. The van der Waals surface area contributed by atoms with E-state index < -0.39 is 0 Å². The summed E-state index contributed by atoms with van der Waals surface area (Å²) in [5.74, 6) is 0. The summed E-state index contributed by atoms with van der Waals surface area (Å²) in [6.45, 7) is 10.9. The minimum absolute atomic E-state index is 0.214. The lowest BCUT2D eigenvalue weighted by Gasteiger charge is -2.36. The van der Waals surface area contributed by atoms with Crippen LogP contribution in [0.2, 0.25) is 0 Å². The summed E-state index contributed by atoms with van der Waals surface area (Å²) in [7, 11) is 0. The molecule has 9 rings (SSSR count). The van der Waals surface area contributed by atoms with E-state index in [9.17, 15) is 0 Å². The van der Waals surface area contributed by atoms with Crippen molar-refractivity contribution in [2.24, 2.45) is 0 Å². The Labute approximate surface area is 337 Å². The maximum absolute atomic E-state index is 4.57. The number of nitrogens with zero attached hydrogens (tertiary/aromatic N) is 3. The average molecular weight is 736 g/mol. The van der Waals surface area contributed by atoms with E-state index in [0.717, 1.165) is 46.7 Å². The summed E-state index contributed by atoms with van der Waals surface area (Å²) in [5, 5.41) is 0. The average Bonchev–Trinajstić information content (AvgIpc) is 3.61. The molecule has 3 aliphatic rings. The molecular formula is C54H45N3. The van der Waals surface area contributed by atoms with Crippen LogP contribution < -0.4 is 4.90 Å². The van der Waals surface area contributed by atoms with Gasteiger partial charge in [0.15, 0.2) is 0 Å². The van der Waals surface area contributed by atoms with E-state index in [1.165, 1.54) is 44.7 Å². The molecule has 0 spiro atoms. The van der Waals surface area contributed by atoms with Crippen molar-refractivity contribution < 1.29 is 0 Å². The first-order valence-corrected chi connectivity index (χ1v) is 19.7. The fourth-order valence-corrected chi connectivity index (χ4v) is 8.73. The van der Waals surface area contributed by atoms with E-state index >= 15 is 0 Å². The first-order valence-electron chi connectivity index (χ1n) is 19.7. The van der Waals surface area contributed by atoms with Gasteiger partial charge in [0.2, 0.25) is 0 Å². The molecule has 0 radical (unpaired) electrons. The summed E-state index contributed by atoms with van der Waals surface area (Å²) in [5.41, 5.74) is 16.6. The molecule has 276 valence electrons. The number of hydrogen-bond acceptors (Lipinski definition) is 3. The highest BCUT2D eigenvalue weighted by molar-refractivity contribution is 5.86. The van der Waals surface area contributed by atoms with Gasteiger partial charge in [0.25, 0.3) is 0 Å². The number of anilines is 3. The molecule has 2 atom stereocenters. The van der Waals surface area contributed by atoms with Crippen molar-refractivity contribution in [3.8, 4) is 22.3 Å². The standard InChI is InChI=1S/C54H45N3/c1-4-5-14-39(2)56-52-20-13-12-19-49(52)51-38-54(3,37-50(53(51)56)44-17-10-7-11-18-44)45-25-31-48(32-26-45)57(46-27-21-41(22-28-46)40-15-8-6-9-16-40)47-29-23-42(24-30-47)43-33-35-55-36-34-43/h4-19,21-37,52H,1-2,20,38H2,3H3/b14-5-. The summed E-state index contributed by atoms with van der Waals surface area (Å²) in [4.78, 5) is 9.03. The highest BCUT2D eigenvalue weighted by Crippen LogP contribution is 2.54. The Morgan fingerprint density at radius 2 is 1.25 bits per heavy atom. The smallest absolute Gasteiger partial charge is 0.0629 e. The van der Waals surface area contributed by atoms with Gasteiger partial charge < -0.3 is 9.80 Å². The molecule has 2 aliphatic carbocycles. The molecule has 0 saturated carbocycles. The summed E-state index contributed by atoms with van der Waals surface area (Å²) < 4.78 is 0. The van der Waals surface area contributed by atoms with Crippen LogP contribution in [0.15, 0.2) is 236 Å². The number of benzene rings is 5. The summed E-state index contributed by atoms with van der Waals surface area (Å²) in [6, 6.07) is 52.7. The zero-order chi connectivity index (χ0) is 38.8. The molecule has 1 aromatic heterocycles. The van der Waals surface area contributed by atoms with Crippen LogP contribution >= 0.6 is 0 Å². The molecule has 5 aromatic carbocycles. The molecule has 0 bridgehead atoms. The molecule has 0 fully saturated rings. The maximum atomic E-state index is 4.57. The van der Waals surface area contributed by atoms with Gasteiger partial charge >= 0.3 is 0 Å². The van der Waals surface area contributed by atoms with Gasteiger partial charge in [-0.05, 0) is 112 Å². The third-order valence-corrected chi connectivity index (χ3v) is 11.6. The van der Waals surface area contributed by atoms with Crippen LogP contribution in [-0.2, 0) is 5.41 Å². The normalized spacial score (nSPS) is 18.5. The Morgan fingerprint density at radius 1 is 0.702 bits per heavy atom. The minimum Gasteiger partial charge on any atom is -0.333 e. The molecule has 0 N–H and O–H groups in total. The first kappa shape index (κ1) is 35.7. The highest BCUT2D eigenvalue weighted by Gasteiger charge is 2.44. The second-order valence-electron chi connectivity index (χ2n) is 15.2. The lowest BCUT2D eigenvalue weighted by atomic mass is 9.70. The molecule has 0 saturated heterocycles. The fraction of sp³-hybridized carbons (Fsp3) is 0.0926. The van der Waals surface area contributed by atoms with Gasteiger partial charge in [-0.2, -0.15) is 0 Å². The lowest BCUT2D eigenvalue weighted by Crippen LogP contribution is -2.31. The van der Waals surface area contributed by atoms with E-state index in [0.29, 0.717) is 0 Å². The Kier molecular flexibility index (Phi) is 9.58. The van der Waals surface area contributed by atoms with E-state index in [1.807, 2.05) is 24.5 Å². The van der Waals surface area contributed by atoms with E-state index in [2.05, 4.69) is 211 Å². The molecule has 2 heterocycles. The molecule has 6 aromatic rings. The fourth-order valence-electron chi connectivity index (χ4n) is 8.73. The second kappa shape index (κ2) is 15.3. The molecule has 3 nitrogen and oxygen atoms in total. The zero-order valence-electron chi connectivity index (χ0n) is 32.3. The second-order valence-corrected chi connectivity index (χ2v) is 15.2. The number of hydrogen-bond donors (Lipinski definition) is 0. The van der Waals surface area contributed by atoms with Gasteiger partial charge in [-0.25, -0.2) is 0 Å². The van der Waals surface area contributed by atoms with Crippen molar-refractivity contribution in [3.05, 3.63) is 247 Å². The Balaban J connectivity index is 1.11.